The highest BCUT2D eigenvalue weighted by atomic mass is 19.4. The van der Waals surface area contributed by atoms with Crippen LogP contribution in [-0.4, -0.2) is 20.2 Å². The Hall–Kier alpha value is -1.66. The maximum absolute atomic E-state index is 12.1. The number of rotatable bonds is 0. The molecule has 7 heteroatoms. The van der Waals surface area contributed by atoms with Gasteiger partial charge in [0.25, 0.3) is 0 Å². The summed E-state index contributed by atoms with van der Waals surface area (Å²) in [6, 6.07) is 0. The molecule has 0 atom stereocenters. The molecule has 0 unspecified atom stereocenters. The van der Waals surface area contributed by atoms with Crippen LogP contribution in [0.2, 0.25) is 0 Å². The van der Waals surface area contributed by atoms with E-state index in [-0.39, 0.29) is 5.65 Å². The van der Waals surface area contributed by atoms with Crippen LogP contribution in [0.5, 0.6) is 0 Å². The van der Waals surface area contributed by atoms with E-state index in [1.54, 1.807) is 0 Å². The first-order valence-corrected chi connectivity index (χ1v) is 3.31. The summed E-state index contributed by atoms with van der Waals surface area (Å²) in [7, 11) is 0. The summed E-state index contributed by atoms with van der Waals surface area (Å²) in [5.41, 5.74) is 0.0855. The zero-order valence-corrected chi connectivity index (χ0v) is 6.13. The van der Waals surface area contributed by atoms with Gasteiger partial charge in [0, 0.05) is 6.20 Å². The normalized spacial score (nSPS) is 12.2. The highest BCUT2D eigenvalue weighted by molar-refractivity contribution is 5.72. The predicted molar refractivity (Wildman–Crippen MR) is 36.7 cm³/mol. The maximum Gasteiger partial charge on any atom is 0.451 e. The van der Waals surface area contributed by atoms with Gasteiger partial charge in [-0.2, -0.15) is 18.3 Å². The van der Waals surface area contributed by atoms with Crippen molar-refractivity contribution < 1.29 is 13.2 Å². The number of hydrogen-bond donors (Lipinski definition) is 1. The number of halogens is 3. The maximum atomic E-state index is 12.1. The minimum atomic E-state index is -4.51. The van der Waals surface area contributed by atoms with Crippen LogP contribution in [0.25, 0.3) is 11.0 Å². The van der Waals surface area contributed by atoms with Crippen molar-refractivity contribution >= 4 is 11.0 Å². The van der Waals surface area contributed by atoms with Gasteiger partial charge < -0.3 is 0 Å². The van der Waals surface area contributed by atoms with Crippen molar-refractivity contribution in [1.29, 1.82) is 0 Å². The minimum Gasteiger partial charge on any atom is -0.261 e. The molecule has 13 heavy (non-hydrogen) atoms. The summed E-state index contributed by atoms with van der Waals surface area (Å²) < 4.78 is 36.2. The van der Waals surface area contributed by atoms with Crippen LogP contribution in [0.3, 0.4) is 0 Å². The Bertz CT molecular complexity index is 433. The first-order valence-electron chi connectivity index (χ1n) is 3.31. The van der Waals surface area contributed by atoms with Crippen LogP contribution in [0, 0.1) is 0 Å². The number of alkyl halides is 3. The van der Waals surface area contributed by atoms with Crippen molar-refractivity contribution in [1.82, 2.24) is 20.2 Å². The van der Waals surface area contributed by atoms with Crippen molar-refractivity contribution in [2.45, 2.75) is 6.18 Å². The van der Waals surface area contributed by atoms with Gasteiger partial charge in [0.15, 0.2) is 5.65 Å². The fraction of sp³-hybridized carbons (Fsp3) is 0.167. The second kappa shape index (κ2) is 2.41. The summed E-state index contributed by atoms with van der Waals surface area (Å²) in [4.78, 5) is 6.41. The molecule has 0 bridgehead atoms. The Labute approximate surface area is 69.8 Å². The zero-order chi connectivity index (χ0) is 9.47. The smallest absolute Gasteiger partial charge is 0.261 e. The third-order valence-electron chi connectivity index (χ3n) is 1.44. The van der Waals surface area contributed by atoms with E-state index in [2.05, 4.69) is 20.2 Å². The standard InChI is InChI=1S/C6H3F3N4/c7-6(8,9)5-10-1-3-2-11-13-4(3)12-5/h1-2H,(H,10,11,12,13). The van der Waals surface area contributed by atoms with Gasteiger partial charge in [-0.25, -0.2) is 9.97 Å². The first-order chi connectivity index (χ1) is 6.07. The van der Waals surface area contributed by atoms with Crippen LogP contribution < -0.4 is 0 Å². The molecule has 0 aliphatic heterocycles. The molecular formula is C6H3F3N4. The molecule has 2 aromatic heterocycles. The molecule has 4 nitrogen and oxygen atoms in total. The molecule has 0 saturated carbocycles. The second-order valence-corrected chi connectivity index (χ2v) is 2.37. The number of nitrogens with one attached hydrogen (secondary N) is 1. The largest absolute Gasteiger partial charge is 0.451 e. The lowest BCUT2D eigenvalue weighted by Crippen LogP contribution is -2.10. The second-order valence-electron chi connectivity index (χ2n) is 2.37. The number of hydrogen-bond acceptors (Lipinski definition) is 3. The molecule has 0 spiro atoms. The lowest BCUT2D eigenvalue weighted by atomic mass is 10.4. The minimum absolute atomic E-state index is 0.0855. The molecule has 68 valence electrons. The quantitative estimate of drug-likeness (QED) is 0.679. The Balaban J connectivity index is 2.61. The van der Waals surface area contributed by atoms with E-state index in [9.17, 15) is 13.2 Å². The number of H-pyrrole nitrogens is 1. The van der Waals surface area contributed by atoms with Gasteiger partial charge in [-0.15, -0.1) is 0 Å². The summed E-state index contributed by atoms with van der Waals surface area (Å²) in [5, 5.41) is 6.31. The van der Waals surface area contributed by atoms with Gasteiger partial charge >= 0.3 is 6.18 Å². The lowest BCUT2D eigenvalue weighted by molar-refractivity contribution is -0.144. The van der Waals surface area contributed by atoms with Gasteiger partial charge in [-0.1, -0.05) is 0 Å². The summed E-state index contributed by atoms with van der Waals surface area (Å²) in [5.74, 6) is -1.16. The molecule has 2 rings (SSSR count). The van der Waals surface area contributed by atoms with Crippen molar-refractivity contribution in [3.63, 3.8) is 0 Å². The lowest BCUT2D eigenvalue weighted by Gasteiger charge is -2.02. The highest BCUT2D eigenvalue weighted by Crippen LogP contribution is 2.26. The third-order valence-corrected chi connectivity index (χ3v) is 1.44. The number of nitrogens with zero attached hydrogens (tertiary/aromatic N) is 3. The monoisotopic (exact) mass is 188 g/mol. The Morgan fingerprint density at radius 1 is 1.23 bits per heavy atom. The molecule has 0 aliphatic rings. The Kier molecular flexibility index (Phi) is 1.48. The average Bonchev–Trinajstić information content (AvgIpc) is 2.47. The molecule has 0 radical (unpaired) electrons. The van der Waals surface area contributed by atoms with Gasteiger partial charge in [0.1, 0.15) is 0 Å². The molecule has 2 heterocycles. The van der Waals surface area contributed by atoms with Crippen molar-refractivity contribution in [3.05, 3.63) is 18.2 Å². The molecule has 0 fully saturated rings. The van der Waals surface area contributed by atoms with E-state index in [0.29, 0.717) is 5.39 Å². The van der Waals surface area contributed by atoms with Crippen LogP contribution >= 0.6 is 0 Å². The topological polar surface area (TPSA) is 54.5 Å². The van der Waals surface area contributed by atoms with E-state index in [1.165, 1.54) is 6.20 Å². The van der Waals surface area contributed by atoms with Gasteiger partial charge in [-0.05, 0) is 0 Å². The molecule has 2 aromatic rings. The van der Waals surface area contributed by atoms with Gasteiger partial charge in [-0.3, -0.25) is 5.10 Å². The van der Waals surface area contributed by atoms with Crippen molar-refractivity contribution in [2.75, 3.05) is 0 Å². The number of fused-ring (bicyclic) bond motifs is 1. The fourth-order valence-corrected chi connectivity index (χ4v) is 0.875. The third kappa shape index (κ3) is 1.32. The van der Waals surface area contributed by atoms with Crippen LogP contribution in [0.15, 0.2) is 12.4 Å². The molecule has 0 amide bonds. The van der Waals surface area contributed by atoms with E-state index >= 15 is 0 Å². The van der Waals surface area contributed by atoms with Gasteiger partial charge in [0.05, 0.1) is 11.6 Å². The van der Waals surface area contributed by atoms with Gasteiger partial charge in [0.2, 0.25) is 5.82 Å². The zero-order valence-electron chi connectivity index (χ0n) is 6.13. The Morgan fingerprint density at radius 3 is 2.69 bits per heavy atom. The molecule has 0 aliphatic carbocycles. The fourth-order valence-electron chi connectivity index (χ4n) is 0.875. The van der Waals surface area contributed by atoms with E-state index in [4.69, 9.17) is 0 Å². The number of aromatic nitrogens is 4. The van der Waals surface area contributed by atoms with Crippen LogP contribution in [0.4, 0.5) is 13.2 Å². The molecular weight excluding hydrogens is 185 g/mol. The van der Waals surface area contributed by atoms with Crippen LogP contribution in [-0.2, 0) is 6.18 Å². The Morgan fingerprint density at radius 2 is 2.00 bits per heavy atom. The molecule has 1 N–H and O–H groups in total. The summed E-state index contributed by atoms with van der Waals surface area (Å²) >= 11 is 0. The van der Waals surface area contributed by atoms with E-state index < -0.39 is 12.0 Å². The predicted octanol–water partition coefficient (Wildman–Crippen LogP) is 1.37. The number of aromatic amines is 1. The van der Waals surface area contributed by atoms with Crippen molar-refractivity contribution in [2.24, 2.45) is 0 Å². The summed E-state index contributed by atoms with van der Waals surface area (Å²) in [6.45, 7) is 0. The van der Waals surface area contributed by atoms with Crippen molar-refractivity contribution in [3.8, 4) is 0 Å². The van der Waals surface area contributed by atoms with E-state index in [1.807, 2.05) is 0 Å². The molecule has 0 saturated heterocycles. The SMILES string of the molecule is FC(F)(F)c1ncc2cn[nH]c2n1. The van der Waals surface area contributed by atoms with Crippen LogP contribution in [0.1, 0.15) is 5.82 Å². The summed E-state index contributed by atoms with van der Waals surface area (Å²) in [6.07, 6.45) is -2.08. The average molecular weight is 188 g/mol. The highest BCUT2D eigenvalue weighted by Gasteiger charge is 2.34. The molecule has 0 aromatic carbocycles. The van der Waals surface area contributed by atoms with E-state index in [0.717, 1.165) is 6.20 Å². The first kappa shape index (κ1) is 7.96.